The summed E-state index contributed by atoms with van der Waals surface area (Å²) in [6.45, 7) is 0. The summed E-state index contributed by atoms with van der Waals surface area (Å²) in [7, 11) is 0. The molecule has 1 unspecified atom stereocenters. The Balaban J connectivity index is 2.14. The summed E-state index contributed by atoms with van der Waals surface area (Å²) in [5.41, 5.74) is 6.82. The van der Waals surface area contributed by atoms with Crippen LogP contribution in [-0.2, 0) is 6.42 Å². The Bertz CT molecular complexity index is 484. The van der Waals surface area contributed by atoms with Crippen molar-refractivity contribution in [3.05, 3.63) is 47.4 Å². The van der Waals surface area contributed by atoms with Crippen LogP contribution in [0.15, 0.2) is 30.5 Å². The lowest BCUT2D eigenvalue weighted by molar-refractivity contribution is 0.179. The molecule has 0 radical (unpaired) electrons. The first-order chi connectivity index (χ1) is 7.66. The predicted molar refractivity (Wildman–Crippen MR) is 58.1 cm³/mol. The number of hydrogen-bond donors (Lipinski definition) is 3. The molecule has 1 aromatic heterocycles. The highest BCUT2D eigenvalue weighted by Crippen LogP contribution is 2.21. The molecule has 4 N–H and O–H groups in total. The van der Waals surface area contributed by atoms with Gasteiger partial charge in [0.2, 0.25) is 0 Å². The van der Waals surface area contributed by atoms with E-state index in [1.165, 1.54) is 18.3 Å². The molecule has 2 rings (SSSR count). The van der Waals surface area contributed by atoms with E-state index < -0.39 is 6.10 Å². The number of halogens is 1. The number of aliphatic hydroxyl groups excluding tert-OH is 1. The molecule has 0 spiro atoms. The van der Waals surface area contributed by atoms with Crippen molar-refractivity contribution in [3.8, 4) is 0 Å². The van der Waals surface area contributed by atoms with Crippen molar-refractivity contribution >= 4 is 5.82 Å². The van der Waals surface area contributed by atoms with Crippen LogP contribution in [0.25, 0.3) is 0 Å². The SMILES string of the molecule is Nc1[nH]ncc1C(O)Cc1cccc(F)c1. The average Bonchev–Trinajstić information content (AvgIpc) is 2.64. The lowest BCUT2D eigenvalue weighted by Gasteiger charge is -2.09. The van der Waals surface area contributed by atoms with Crippen molar-refractivity contribution in [2.45, 2.75) is 12.5 Å². The molecular weight excluding hydrogens is 209 g/mol. The van der Waals surface area contributed by atoms with Gasteiger partial charge in [-0.25, -0.2) is 4.39 Å². The van der Waals surface area contributed by atoms with Crippen LogP contribution in [0.1, 0.15) is 17.2 Å². The standard InChI is InChI=1S/C11H12FN3O/c12-8-3-1-2-7(4-8)5-10(16)9-6-14-15-11(9)13/h1-4,6,10,16H,5H2,(H3,13,14,15). The molecule has 16 heavy (non-hydrogen) atoms. The number of nitrogens with two attached hydrogens (primary N) is 1. The topological polar surface area (TPSA) is 74.9 Å². The van der Waals surface area contributed by atoms with Gasteiger partial charge in [0.15, 0.2) is 0 Å². The molecule has 5 heteroatoms. The molecule has 0 amide bonds. The minimum absolute atomic E-state index is 0.307. The smallest absolute Gasteiger partial charge is 0.124 e. The van der Waals surface area contributed by atoms with Crippen LogP contribution in [0.3, 0.4) is 0 Å². The van der Waals surface area contributed by atoms with Crippen LogP contribution in [0.2, 0.25) is 0 Å². The van der Waals surface area contributed by atoms with Crippen molar-refractivity contribution < 1.29 is 9.50 Å². The van der Waals surface area contributed by atoms with Crippen LogP contribution in [0, 0.1) is 5.82 Å². The molecule has 1 heterocycles. The summed E-state index contributed by atoms with van der Waals surface area (Å²) in [4.78, 5) is 0. The van der Waals surface area contributed by atoms with Crippen LogP contribution in [-0.4, -0.2) is 15.3 Å². The third kappa shape index (κ3) is 2.20. The second-order valence-corrected chi connectivity index (χ2v) is 3.59. The van der Waals surface area contributed by atoms with Gasteiger partial charge >= 0.3 is 0 Å². The number of hydrogen-bond acceptors (Lipinski definition) is 3. The van der Waals surface area contributed by atoms with E-state index in [4.69, 9.17) is 5.73 Å². The number of anilines is 1. The number of benzene rings is 1. The number of H-pyrrole nitrogens is 1. The number of aliphatic hydroxyl groups is 1. The number of aromatic nitrogens is 2. The Labute approximate surface area is 91.9 Å². The number of rotatable bonds is 3. The Morgan fingerprint density at radius 3 is 2.94 bits per heavy atom. The first kappa shape index (κ1) is 10.6. The summed E-state index contributed by atoms with van der Waals surface area (Å²) in [6, 6.07) is 6.11. The highest BCUT2D eigenvalue weighted by atomic mass is 19.1. The fraction of sp³-hybridized carbons (Fsp3) is 0.182. The van der Waals surface area contributed by atoms with Gasteiger partial charge in [-0.05, 0) is 17.7 Å². The molecule has 1 atom stereocenters. The highest BCUT2D eigenvalue weighted by molar-refractivity contribution is 5.39. The summed E-state index contributed by atoms with van der Waals surface area (Å²) < 4.78 is 12.9. The number of nitrogen functional groups attached to an aromatic ring is 1. The zero-order valence-electron chi connectivity index (χ0n) is 8.52. The zero-order chi connectivity index (χ0) is 11.5. The molecule has 0 fully saturated rings. The van der Waals surface area contributed by atoms with Gasteiger partial charge in [-0.1, -0.05) is 12.1 Å². The Morgan fingerprint density at radius 1 is 1.50 bits per heavy atom. The summed E-state index contributed by atoms with van der Waals surface area (Å²) in [6.07, 6.45) is 1.00. The lowest BCUT2D eigenvalue weighted by Crippen LogP contribution is -2.03. The van der Waals surface area contributed by atoms with E-state index in [9.17, 15) is 9.50 Å². The average molecular weight is 221 g/mol. The molecule has 0 aliphatic carbocycles. The maximum absolute atomic E-state index is 12.9. The summed E-state index contributed by atoms with van der Waals surface area (Å²) in [5, 5.41) is 16.1. The van der Waals surface area contributed by atoms with Gasteiger partial charge in [0.05, 0.1) is 12.3 Å². The minimum Gasteiger partial charge on any atom is -0.388 e. The number of nitrogens with zero attached hydrogens (tertiary/aromatic N) is 1. The minimum atomic E-state index is -0.777. The van der Waals surface area contributed by atoms with Gasteiger partial charge < -0.3 is 10.8 Å². The van der Waals surface area contributed by atoms with Crippen LogP contribution < -0.4 is 5.73 Å². The van der Waals surface area contributed by atoms with E-state index in [1.54, 1.807) is 12.1 Å². The van der Waals surface area contributed by atoms with Crippen LogP contribution in [0.5, 0.6) is 0 Å². The number of nitrogens with one attached hydrogen (secondary N) is 1. The molecular formula is C11H12FN3O. The van der Waals surface area contributed by atoms with E-state index in [2.05, 4.69) is 10.2 Å². The van der Waals surface area contributed by atoms with Crippen molar-refractivity contribution in [2.24, 2.45) is 0 Å². The number of aromatic amines is 1. The molecule has 0 bridgehead atoms. The third-order valence-electron chi connectivity index (χ3n) is 2.38. The lowest BCUT2D eigenvalue weighted by atomic mass is 10.0. The molecule has 2 aromatic rings. The van der Waals surface area contributed by atoms with E-state index in [-0.39, 0.29) is 5.82 Å². The zero-order valence-corrected chi connectivity index (χ0v) is 8.52. The molecule has 4 nitrogen and oxygen atoms in total. The van der Waals surface area contributed by atoms with Gasteiger partial charge in [0.25, 0.3) is 0 Å². The Morgan fingerprint density at radius 2 is 2.31 bits per heavy atom. The second-order valence-electron chi connectivity index (χ2n) is 3.59. The fourth-order valence-electron chi connectivity index (χ4n) is 1.57. The van der Waals surface area contributed by atoms with E-state index in [1.807, 2.05) is 0 Å². The Kier molecular flexibility index (Phi) is 2.87. The fourth-order valence-corrected chi connectivity index (χ4v) is 1.57. The van der Waals surface area contributed by atoms with Gasteiger partial charge in [0, 0.05) is 12.0 Å². The highest BCUT2D eigenvalue weighted by Gasteiger charge is 2.13. The molecule has 84 valence electrons. The molecule has 0 saturated heterocycles. The van der Waals surface area contributed by atoms with Crippen LogP contribution >= 0.6 is 0 Å². The molecule has 0 saturated carbocycles. The monoisotopic (exact) mass is 221 g/mol. The van der Waals surface area contributed by atoms with E-state index >= 15 is 0 Å². The normalized spacial score (nSPS) is 12.6. The van der Waals surface area contributed by atoms with E-state index in [0.717, 1.165) is 0 Å². The van der Waals surface area contributed by atoms with Gasteiger partial charge in [-0.2, -0.15) is 5.10 Å². The molecule has 0 aliphatic heterocycles. The first-order valence-corrected chi connectivity index (χ1v) is 4.88. The largest absolute Gasteiger partial charge is 0.388 e. The summed E-state index contributed by atoms with van der Waals surface area (Å²) >= 11 is 0. The third-order valence-corrected chi connectivity index (χ3v) is 2.38. The maximum Gasteiger partial charge on any atom is 0.124 e. The van der Waals surface area contributed by atoms with Crippen LogP contribution in [0.4, 0.5) is 10.2 Å². The first-order valence-electron chi connectivity index (χ1n) is 4.88. The second kappa shape index (κ2) is 4.32. The molecule has 0 aliphatic rings. The molecule has 1 aromatic carbocycles. The Hall–Kier alpha value is -1.88. The van der Waals surface area contributed by atoms with Crippen molar-refractivity contribution in [2.75, 3.05) is 5.73 Å². The van der Waals surface area contributed by atoms with Crippen molar-refractivity contribution in [1.29, 1.82) is 0 Å². The van der Waals surface area contributed by atoms with Gasteiger partial charge in [-0.3, -0.25) is 5.10 Å². The maximum atomic E-state index is 12.9. The summed E-state index contributed by atoms with van der Waals surface area (Å²) in [5.74, 6) is 0.0220. The predicted octanol–water partition coefficient (Wildman–Crippen LogP) is 1.41. The quantitative estimate of drug-likeness (QED) is 0.733. The van der Waals surface area contributed by atoms with Gasteiger partial charge in [-0.15, -0.1) is 0 Å². The van der Waals surface area contributed by atoms with Gasteiger partial charge in [0.1, 0.15) is 11.6 Å². The van der Waals surface area contributed by atoms with Crippen molar-refractivity contribution in [3.63, 3.8) is 0 Å². The van der Waals surface area contributed by atoms with E-state index in [0.29, 0.717) is 23.4 Å². The van der Waals surface area contributed by atoms with Crippen molar-refractivity contribution in [1.82, 2.24) is 10.2 Å².